The first-order valence-corrected chi connectivity index (χ1v) is 13.8. The van der Waals surface area contributed by atoms with Crippen molar-refractivity contribution in [3.05, 3.63) is 0 Å². The topological polar surface area (TPSA) is 110 Å². The minimum atomic E-state index is -1.40. The molecule has 0 aromatic rings. The molecule has 38 heavy (non-hydrogen) atoms. The Balaban J connectivity index is 2.48. The number of cyclic esters (lactones) is 1. The van der Waals surface area contributed by atoms with E-state index in [1.54, 1.807) is 27.9 Å². The summed E-state index contributed by atoms with van der Waals surface area (Å²) in [5.41, 5.74) is -2.30. The van der Waals surface area contributed by atoms with E-state index in [4.69, 9.17) is 18.9 Å². The molecule has 2 heterocycles. The van der Waals surface area contributed by atoms with Crippen LogP contribution < -0.4 is 5.32 Å². The van der Waals surface area contributed by atoms with Gasteiger partial charge in [-0.15, -0.1) is 0 Å². The summed E-state index contributed by atoms with van der Waals surface area (Å²) in [4.78, 5) is 31.1. The van der Waals surface area contributed by atoms with Gasteiger partial charge in [-0.3, -0.25) is 9.59 Å². The highest BCUT2D eigenvalue weighted by atomic mass is 16.7. The first-order valence-electron chi connectivity index (χ1n) is 13.8. The second kappa shape index (κ2) is 13.5. The van der Waals surface area contributed by atoms with Gasteiger partial charge < -0.3 is 39.2 Å². The van der Waals surface area contributed by atoms with Crippen molar-refractivity contribution in [1.82, 2.24) is 15.1 Å². The smallest absolute Gasteiger partial charge is 0.319 e. The van der Waals surface area contributed by atoms with Gasteiger partial charge in [0.25, 0.3) is 0 Å². The lowest BCUT2D eigenvalue weighted by Crippen LogP contribution is -2.59. The number of likely N-dealkylation sites (N-methyl/N-ethyl adjacent to an activating group) is 2. The van der Waals surface area contributed by atoms with Gasteiger partial charge in [0, 0.05) is 25.6 Å². The van der Waals surface area contributed by atoms with E-state index < -0.39 is 41.4 Å². The number of ketones is 1. The molecular formula is C28H53N3O7. The van der Waals surface area contributed by atoms with Crippen LogP contribution in [0, 0.1) is 17.3 Å². The fraction of sp³-hybridized carbons (Fsp3) is 0.929. The highest BCUT2D eigenvalue weighted by molar-refractivity contribution is 6.04. The molecule has 2 fully saturated rings. The number of methoxy groups -OCH3 is 1. The van der Waals surface area contributed by atoms with E-state index in [9.17, 15) is 14.7 Å². The summed E-state index contributed by atoms with van der Waals surface area (Å²) in [6, 6.07) is -0.252. The number of hydrogen-bond donors (Lipinski definition) is 2. The number of aliphatic hydroxyl groups excluding tert-OH is 1. The van der Waals surface area contributed by atoms with Crippen molar-refractivity contribution in [2.24, 2.45) is 17.3 Å². The SMILES string of the molecule is CO[C@]1(C)C[C@@H](C)CN[C@@H](CN(C)C)COC(=O)C(C)(C)C(=O)[C@H](C)[C@H]1O[C@@H]1OC(C)CC(N(C)C)[C@H]1O. The molecule has 2 unspecified atom stereocenters. The van der Waals surface area contributed by atoms with Gasteiger partial charge >= 0.3 is 5.97 Å². The third-order valence-electron chi connectivity index (χ3n) is 8.13. The molecule has 0 bridgehead atoms. The maximum atomic E-state index is 13.9. The van der Waals surface area contributed by atoms with E-state index in [1.165, 1.54) is 0 Å². The number of rotatable bonds is 6. The number of carbonyl (C=O) groups is 2. The number of aliphatic hydroxyl groups is 1. The number of Topliss-reactive ketones (excluding diaryl/α,β-unsaturated/α-hetero) is 1. The molecule has 0 aromatic carbocycles. The summed E-state index contributed by atoms with van der Waals surface area (Å²) in [6.45, 7) is 12.5. The minimum absolute atomic E-state index is 0.0865. The Labute approximate surface area is 229 Å². The second-order valence-electron chi connectivity index (χ2n) is 12.7. The predicted molar refractivity (Wildman–Crippen MR) is 146 cm³/mol. The highest BCUT2D eigenvalue weighted by Crippen LogP contribution is 2.37. The number of nitrogens with one attached hydrogen (secondary N) is 1. The monoisotopic (exact) mass is 543 g/mol. The molecule has 0 aromatic heterocycles. The summed E-state index contributed by atoms with van der Waals surface area (Å²) >= 11 is 0. The van der Waals surface area contributed by atoms with Crippen LogP contribution in [-0.2, 0) is 28.5 Å². The summed E-state index contributed by atoms with van der Waals surface area (Å²) in [5.74, 6) is -1.47. The molecule has 0 radical (unpaired) electrons. The van der Waals surface area contributed by atoms with E-state index in [1.807, 2.05) is 51.8 Å². The molecule has 0 aliphatic carbocycles. The third-order valence-corrected chi connectivity index (χ3v) is 8.13. The molecule has 2 saturated heterocycles. The zero-order chi connectivity index (χ0) is 29.0. The van der Waals surface area contributed by atoms with Crippen molar-refractivity contribution in [2.45, 2.75) is 96.7 Å². The molecular weight excluding hydrogens is 490 g/mol. The van der Waals surface area contributed by atoms with Crippen LogP contribution in [0.2, 0.25) is 0 Å². The summed E-state index contributed by atoms with van der Waals surface area (Å²) < 4.78 is 24.4. The molecule has 0 amide bonds. The highest BCUT2D eigenvalue weighted by Gasteiger charge is 2.51. The van der Waals surface area contributed by atoms with Gasteiger partial charge in [0.1, 0.15) is 18.1 Å². The number of carbonyl (C=O) groups excluding carboxylic acids is 2. The van der Waals surface area contributed by atoms with Gasteiger partial charge in [0.05, 0.1) is 23.9 Å². The maximum Gasteiger partial charge on any atom is 0.319 e. The van der Waals surface area contributed by atoms with Crippen LogP contribution in [0.5, 0.6) is 0 Å². The van der Waals surface area contributed by atoms with Gasteiger partial charge in [-0.1, -0.05) is 13.8 Å². The van der Waals surface area contributed by atoms with Crippen LogP contribution in [0.25, 0.3) is 0 Å². The number of ether oxygens (including phenoxy) is 4. The van der Waals surface area contributed by atoms with Gasteiger partial charge in [-0.2, -0.15) is 0 Å². The summed E-state index contributed by atoms with van der Waals surface area (Å²) in [6.07, 6.45) is -1.57. The second-order valence-corrected chi connectivity index (χ2v) is 12.7. The molecule has 9 atom stereocenters. The fourth-order valence-corrected chi connectivity index (χ4v) is 5.82. The van der Waals surface area contributed by atoms with Crippen molar-refractivity contribution in [3.63, 3.8) is 0 Å². The van der Waals surface area contributed by atoms with Gasteiger partial charge in [0.15, 0.2) is 12.1 Å². The predicted octanol–water partition coefficient (Wildman–Crippen LogP) is 1.54. The summed E-state index contributed by atoms with van der Waals surface area (Å²) in [7, 11) is 9.39. The Morgan fingerprint density at radius 3 is 2.29 bits per heavy atom. The zero-order valence-corrected chi connectivity index (χ0v) is 25.4. The van der Waals surface area contributed by atoms with Crippen LogP contribution in [-0.4, -0.2) is 124 Å². The van der Waals surface area contributed by atoms with Crippen molar-refractivity contribution < 1.29 is 33.6 Å². The molecule has 0 saturated carbocycles. The average molecular weight is 544 g/mol. The normalized spacial score (nSPS) is 39.8. The zero-order valence-electron chi connectivity index (χ0n) is 25.4. The largest absolute Gasteiger partial charge is 0.463 e. The van der Waals surface area contributed by atoms with E-state index in [0.29, 0.717) is 25.9 Å². The molecule has 2 aliphatic heterocycles. The average Bonchev–Trinajstić information content (AvgIpc) is 2.83. The van der Waals surface area contributed by atoms with Gasteiger partial charge in [-0.05, 0) is 81.2 Å². The van der Waals surface area contributed by atoms with Crippen molar-refractivity contribution in [1.29, 1.82) is 0 Å². The lowest BCUT2D eigenvalue weighted by atomic mass is 9.74. The Morgan fingerprint density at radius 2 is 1.74 bits per heavy atom. The molecule has 2 rings (SSSR count). The Hall–Kier alpha value is -1.14. The first-order chi connectivity index (χ1) is 17.5. The molecule has 10 heteroatoms. The Kier molecular flexibility index (Phi) is 11.7. The molecule has 2 aliphatic rings. The summed E-state index contributed by atoms with van der Waals surface area (Å²) in [5, 5.41) is 14.7. The van der Waals surface area contributed by atoms with Crippen LogP contribution in [0.15, 0.2) is 0 Å². The van der Waals surface area contributed by atoms with Gasteiger partial charge in [-0.25, -0.2) is 0 Å². The van der Waals surface area contributed by atoms with E-state index in [0.717, 1.165) is 0 Å². The first kappa shape index (κ1) is 33.1. The lowest BCUT2D eigenvalue weighted by Gasteiger charge is -2.47. The standard InChI is InChI=1S/C28H53N3O7/c1-17-13-28(6,35-11)24(38-25-22(32)21(31(9)10)12-18(2)37-25)19(3)23(33)27(4,5)26(34)36-16-20(29-14-17)15-30(7)8/h17-22,24-25,29,32H,12-16H2,1-11H3/t17-,18?,19+,20+,21?,22-,24-,25+,28-/m1/s1. The Morgan fingerprint density at radius 1 is 1.11 bits per heavy atom. The Bertz CT molecular complexity index is 792. The number of nitrogens with zero attached hydrogens (tertiary/aromatic N) is 2. The lowest BCUT2D eigenvalue weighted by molar-refractivity contribution is -0.295. The molecule has 10 nitrogen and oxygen atoms in total. The maximum absolute atomic E-state index is 13.9. The molecule has 2 N–H and O–H groups in total. The number of esters is 1. The van der Waals surface area contributed by atoms with Crippen molar-refractivity contribution in [3.8, 4) is 0 Å². The van der Waals surface area contributed by atoms with Crippen LogP contribution in [0.4, 0.5) is 0 Å². The van der Waals surface area contributed by atoms with Crippen LogP contribution >= 0.6 is 0 Å². The quantitative estimate of drug-likeness (QED) is 0.378. The van der Waals surface area contributed by atoms with Gasteiger partial charge in [0.2, 0.25) is 0 Å². The number of hydrogen-bond acceptors (Lipinski definition) is 10. The van der Waals surface area contributed by atoms with Crippen molar-refractivity contribution in [2.75, 3.05) is 55.0 Å². The van der Waals surface area contributed by atoms with E-state index in [2.05, 4.69) is 12.2 Å². The van der Waals surface area contributed by atoms with E-state index >= 15 is 0 Å². The van der Waals surface area contributed by atoms with Crippen molar-refractivity contribution >= 4 is 11.8 Å². The molecule has 222 valence electrons. The van der Waals surface area contributed by atoms with Crippen LogP contribution in [0.3, 0.4) is 0 Å². The fourth-order valence-electron chi connectivity index (χ4n) is 5.82. The van der Waals surface area contributed by atoms with Crippen LogP contribution in [0.1, 0.15) is 54.4 Å². The molecule has 0 spiro atoms. The minimum Gasteiger partial charge on any atom is -0.463 e. The third kappa shape index (κ3) is 7.96. The van der Waals surface area contributed by atoms with E-state index in [-0.39, 0.29) is 36.5 Å².